The molecule has 0 aliphatic carbocycles. The minimum Gasteiger partial charge on any atom is -0.311 e. The molecule has 17 heavy (non-hydrogen) atoms. The Morgan fingerprint density at radius 2 is 2.47 bits per heavy atom. The maximum atomic E-state index is 14.5. The van der Waals surface area contributed by atoms with E-state index in [4.69, 9.17) is 0 Å². The van der Waals surface area contributed by atoms with E-state index in [2.05, 4.69) is 33.3 Å². The quantitative estimate of drug-likeness (QED) is 0.925. The van der Waals surface area contributed by atoms with Crippen molar-refractivity contribution in [3.05, 3.63) is 16.4 Å². The van der Waals surface area contributed by atoms with Crippen LogP contribution in [0.4, 0.5) is 4.39 Å². The zero-order chi connectivity index (χ0) is 12.3. The first-order chi connectivity index (χ1) is 8.24. The van der Waals surface area contributed by atoms with Crippen molar-refractivity contribution in [2.75, 3.05) is 6.54 Å². The smallest absolute Gasteiger partial charge is 0.158 e. The number of halogens is 2. The van der Waals surface area contributed by atoms with E-state index in [-0.39, 0.29) is 6.04 Å². The van der Waals surface area contributed by atoms with Crippen LogP contribution in [0.2, 0.25) is 0 Å². The molecule has 3 nitrogen and oxygen atoms in total. The molecule has 1 N–H and O–H groups in total. The summed E-state index contributed by atoms with van der Waals surface area (Å²) in [6.45, 7) is 3.77. The van der Waals surface area contributed by atoms with Gasteiger partial charge in [-0.25, -0.2) is 4.39 Å². The SMILES string of the molecule is CCCn1ncc(Br)c1C(F)C1CCCCN1. The Morgan fingerprint density at radius 1 is 1.65 bits per heavy atom. The van der Waals surface area contributed by atoms with Gasteiger partial charge in [0.05, 0.1) is 16.4 Å². The molecule has 2 heterocycles. The molecule has 0 bridgehead atoms. The van der Waals surface area contributed by atoms with Crippen molar-refractivity contribution in [3.63, 3.8) is 0 Å². The number of nitrogens with one attached hydrogen (secondary N) is 1. The zero-order valence-electron chi connectivity index (χ0n) is 10.1. The first kappa shape index (κ1) is 13.0. The molecule has 1 saturated heterocycles. The maximum Gasteiger partial charge on any atom is 0.158 e. The Balaban J connectivity index is 2.16. The molecule has 5 heteroatoms. The Bertz CT molecular complexity index is 361. The van der Waals surface area contributed by atoms with E-state index >= 15 is 0 Å². The van der Waals surface area contributed by atoms with E-state index in [0.29, 0.717) is 5.69 Å². The van der Waals surface area contributed by atoms with Crippen molar-refractivity contribution in [2.24, 2.45) is 0 Å². The molecular formula is C12H19BrFN3. The molecule has 0 saturated carbocycles. The lowest BCUT2D eigenvalue weighted by molar-refractivity contribution is 0.208. The van der Waals surface area contributed by atoms with Gasteiger partial charge in [-0.05, 0) is 41.7 Å². The molecule has 2 rings (SSSR count). The number of rotatable bonds is 4. The summed E-state index contributed by atoms with van der Waals surface area (Å²) in [5, 5.41) is 7.49. The van der Waals surface area contributed by atoms with Crippen LogP contribution in [-0.2, 0) is 6.54 Å². The highest BCUT2D eigenvalue weighted by atomic mass is 79.9. The van der Waals surface area contributed by atoms with Crippen LogP contribution >= 0.6 is 15.9 Å². The molecular weight excluding hydrogens is 285 g/mol. The zero-order valence-corrected chi connectivity index (χ0v) is 11.7. The average Bonchev–Trinajstić information content (AvgIpc) is 2.71. The van der Waals surface area contributed by atoms with Crippen molar-refractivity contribution >= 4 is 15.9 Å². The third-order valence-electron chi connectivity index (χ3n) is 3.23. The highest BCUT2D eigenvalue weighted by Gasteiger charge is 2.29. The highest BCUT2D eigenvalue weighted by molar-refractivity contribution is 9.10. The highest BCUT2D eigenvalue weighted by Crippen LogP contribution is 2.31. The summed E-state index contributed by atoms with van der Waals surface area (Å²) in [5.74, 6) is 0. The lowest BCUT2D eigenvalue weighted by Crippen LogP contribution is -2.38. The van der Waals surface area contributed by atoms with Crippen LogP contribution in [0.25, 0.3) is 0 Å². The van der Waals surface area contributed by atoms with Gasteiger partial charge in [0, 0.05) is 12.6 Å². The van der Waals surface area contributed by atoms with Crippen molar-refractivity contribution < 1.29 is 4.39 Å². The lowest BCUT2D eigenvalue weighted by Gasteiger charge is -2.27. The third kappa shape index (κ3) is 2.88. The van der Waals surface area contributed by atoms with Crippen molar-refractivity contribution in [2.45, 2.75) is 51.4 Å². The largest absolute Gasteiger partial charge is 0.311 e. The summed E-state index contributed by atoms with van der Waals surface area (Å²) >= 11 is 3.40. The molecule has 1 aliphatic rings. The summed E-state index contributed by atoms with van der Waals surface area (Å²) in [7, 11) is 0. The predicted molar refractivity (Wildman–Crippen MR) is 69.7 cm³/mol. The Hall–Kier alpha value is -0.420. The average molecular weight is 304 g/mol. The second-order valence-corrected chi connectivity index (χ2v) is 5.41. The van der Waals surface area contributed by atoms with Crippen LogP contribution in [0.15, 0.2) is 10.7 Å². The van der Waals surface area contributed by atoms with Gasteiger partial charge in [0.15, 0.2) is 6.17 Å². The monoisotopic (exact) mass is 303 g/mol. The van der Waals surface area contributed by atoms with Gasteiger partial charge in [-0.2, -0.15) is 5.10 Å². The van der Waals surface area contributed by atoms with E-state index in [1.54, 1.807) is 10.9 Å². The first-order valence-corrected chi connectivity index (χ1v) is 7.12. The van der Waals surface area contributed by atoms with Crippen molar-refractivity contribution in [1.29, 1.82) is 0 Å². The summed E-state index contributed by atoms with van der Waals surface area (Å²) < 4.78 is 17.1. The van der Waals surface area contributed by atoms with E-state index in [1.807, 2.05) is 0 Å². The Morgan fingerprint density at radius 3 is 3.12 bits per heavy atom. The number of nitrogens with zero attached hydrogens (tertiary/aromatic N) is 2. The maximum absolute atomic E-state index is 14.5. The molecule has 1 aromatic rings. The molecule has 96 valence electrons. The molecule has 0 radical (unpaired) electrons. The minimum absolute atomic E-state index is 0.0626. The van der Waals surface area contributed by atoms with Crippen LogP contribution in [0.3, 0.4) is 0 Å². The van der Waals surface area contributed by atoms with Crippen LogP contribution < -0.4 is 5.32 Å². The van der Waals surface area contributed by atoms with Gasteiger partial charge in [-0.15, -0.1) is 0 Å². The van der Waals surface area contributed by atoms with Crippen LogP contribution in [0, 0.1) is 0 Å². The lowest BCUT2D eigenvalue weighted by atomic mass is 9.99. The minimum atomic E-state index is -0.973. The van der Waals surface area contributed by atoms with Gasteiger partial charge in [0.1, 0.15) is 0 Å². The number of piperidine rings is 1. The number of hydrogen-bond donors (Lipinski definition) is 1. The third-order valence-corrected chi connectivity index (χ3v) is 3.84. The first-order valence-electron chi connectivity index (χ1n) is 6.32. The van der Waals surface area contributed by atoms with Crippen LogP contribution in [0.1, 0.15) is 44.5 Å². The van der Waals surface area contributed by atoms with E-state index in [0.717, 1.165) is 43.2 Å². The molecule has 2 atom stereocenters. The van der Waals surface area contributed by atoms with Crippen LogP contribution in [0.5, 0.6) is 0 Å². The second kappa shape index (κ2) is 5.96. The molecule has 1 aromatic heterocycles. The topological polar surface area (TPSA) is 29.9 Å². The van der Waals surface area contributed by atoms with Crippen LogP contribution in [-0.4, -0.2) is 22.4 Å². The number of aryl methyl sites for hydroxylation is 1. The number of aromatic nitrogens is 2. The molecule has 1 aliphatic heterocycles. The van der Waals surface area contributed by atoms with Gasteiger partial charge in [-0.1, -0.05) is 13.3 Å². The summed E-state index contributed by atoms with van der Waals surface area (Å²) in [6.07, 6.45) is 4.85. The summed E-state index contributed by atoms with van der Waals surface area (Å²) in [5.41, 5.74) is 0.686. The van der Waals surface area contributed by atoms with Gasteiger partial charge in [0.25, 0.3) is 0 Å². The fourth-order valence-electron chi connectivity index (χ4n) is 2.36. The fraction of sp³-hybridized carbons (Fsp3) is 0.750. The summed E-state index contributed by atoms with van der Waals surface area (Å²) in [4.78, 5) is 0. The molecule has 0 amide bonds. The van der Waals surface area contributed by atoms with E-state index in [9.17, 15) is 4.39 Å². The standard InChI is InChI=1S/C12H19BrFN3/c1-2-7-17-12(9(13)8-16-17)11(14)10-5-3-4-6-15-10/h8,10-11,15H,2-7H2,1H3. The molecule has 1 fully saturated rings. The molecule has 0 aromatic carbocycles. The van der Waals surface area contributed by atoms with Gasteiger partial charge in [-0.3, -0.25) is 4.68 Å². The summed E-state index contributed by atoms with van der Waals surface area (Å²) in [6, 6.07) is -0.0626. The van der Waals surface area contributed by atoms with E-state index < -0.39 is 6.17 Å². The second-order valence-electron chi connectivity index (χ2n) is 4.56. The normalized spacial score (nSPS) is 22.6. The fourth-order valence-corrected chi connectivity index (χ4v) is 2.87. The number of hydrogen-bond acceptors (Lipinski definition) is 2. The van der Waals surface area contributed by atoms with Gasteiger partial charge < -0.3 is 5.32 Å². The van der Waals surface area contributed by atoms with E-state index in [1.165, 1.54) is 0 Å². The Kier molecular flexibility index (Phi) is 4.56. The number of alkyl halides is 1. The van der Waals surface area contributed by atoms with Gasteiger partial charge in [0.2, 0.25) is 0 Å². The van der Waals surface area contributed by atoms with Crippen molar-refractivity contribution in [3.8, 4) is 0 Å². The Labute approximate surface area is 110 Å². The molecule has 2 unspecified atom stereocenters. The molecule has 0 spiro atoms. The predicted octanol–water partition coefficient (Wildman–Crippen LogP) is 3.21. The van der Waals surface area contributed by atoms with Gasteiger partial charge >= 0.3 is 0 Å². The van der Waals surface area contributed by atoms with Crippen molar-refractivity contribution in [1.82, 2.24) is 15.1 Å².